The zero-order valence-electron chi connectivity index (χ0n) is 22.5. The molecule has 5 atom stereocenters. The van der Waals surface area contributed by atoms with E-state index in [2.05, 4.69) is 36.0 Å². The highest BCUT2D eigenvalue weighted by atomic mass is 16.2. The van der Waals surface area contributed by atoms with Crippen molar-refractivity contribution >= 4 is 28.6 Å². The number of nitrogens with one attached hydrogen (secondary N) is 2. The van der Waals surface area contributed by atoms with Crippen molar-refractivity contribution in [3.05, 3.63) is 36.0 Å². The number of H-pyrrole nitrogens is 1. The van der Waals surface area contributed by atoms with Gasteiger partial charge in [0.15, 0.2) is 0 Å². The Balaban J connectivity index is 1.34. The van der Waals surface area contributed by atoms with E-state index in [0.717, 1.165) is 48.6 Å². The van der Waals surface area contributed by atoms with Gasteiger partial charge >= 0.3 is 0 Å². The number of carbonyl (C=O) groups is 3. The van der Waals surface area contributed by atoms with Crippen LogP contribution in [0.2, 0.25) is 0 Å². The Bertz CT molecular complexity index is 1140. The molecule has 3 aliphatic rings. The first-order valence-electron chi connectivity index (χ1n) is 14.2. The SMILES string of the molecule is CC(C)[C@@H]1CC[C@@H](C)CC(=O)N2C[C@H]3C[C@H](CN(C(=O)c4c[nH]c5ccccc45)C3)[C@@H]2CCCC(=O)N1. The smallest absolute Gasteiger partial charge is 0.256 e. The Morgan fingerprint density at radius 1 is 1.05 bits per heavy atom. The summed E-state index contributed by atoms with van der Waals surface area (Å²) < 4.78 is 0. The summed E-state index contributed by atoms with van der Waals surface area (Å²) >= 11 is 0. The molecule has 7 heteroatoms. The molecular weight excluding hydrogens is 464 g/mol. The maximum Gasteiger partial charge on any atom is 0.256 e. The lowest BCUT2D eigenvalue weighted by Gasteiger charge is -2.51. The third-order valence-corrected chi connectivity index (χ3v) is 8.94. The maximum absolute atomic E-state index is 13.6. The van der Waals surface area contributed by atoms with Crippen LogP contribution in [0, 0.1) is 23.7 Å². The number of aromatic nitrogens is 1. The number of rotatable bonds is 2. The van der Waals surface area contributed by atoms with Crippen LogP contribution in [0.15, 0.2) is 30.5 Å². The van der Waals surface area contributed by atoms with Crippen LogP contribution in [-0.4, -0.2) is 64.2 Å². The molecule has 1 aromatic carbocycles. The van der Waals surface area contributed by atoms with E-state index in [4.69, 9.17) is 0 Å². The second-order valence-corrected chi connectivity index (χ2v) is 12.1. The second kappa shape index (κ2) is 10.9. The van der Waals surface area contributed by atoms with E-state index in [1.165, 1.54) is 0 Å². The van der Waals surface area contributed by atoms with Crippen LogP contribution >= 0.6 is 0 Å². The second-order valence-electron chi connectivity index (χ2n) is 12.1. The van der Waals surface area contributed by atoms with E-state index in [1.807, 2.05) is 35.4 Å². The molecule has 2 aromatic rings. The third kappa shape index (κ3) is 5.55. The Kier molecular flexibility index (Phi) is 7.59. The first kappa shape index (κ1) is 25.8. The number of likely N-dealkylation sites (tertiary alicyclic amines) is 1. The van der Waals surface area contributed by atoms with Gasteiger partial charge in [-0.05, 0) is 61.8 Å². The molecule has 2 bridgehead atoms. The number of hydrogen-bond donors (Lipinski definition) is 2. The molecular formula is C30H42N4O3. The fourth-order valence-corrected chi connectivity index (χ4v) is 6.89. The highest BCUT2D eigenvalue weighted by molar-refractivity contribution is 6.06. The molecule has 3 aliphatic heterocycles. The average molecular weight is 507 g/mol. The van der Waals surface area contributed by atoms with Gasteiger partial charge in [-0.15, -0.1) is 0 Å². The Morgan fingerprint density at radius 2 is 1.86 bits per heavy atom. The summed E-state index contributed by atoms with van der Waals surface area (Å²) in [5.41, 5.74) is 1.70. The maximum atomic E-state index is 13.6. The third-order valence-electron chi connectivity index (χ3n) is 8.94. The molecule has 5 rings (SSSR count). The van der Waals surface area contributed by atoms with Gasteiger partial charge in [-0.2, -0.15) is 0 Å². The molecule has 0 radical (unpaired) electrons. The first-order valence-corrected chi connectivity index (χ1v) is 14.2. The predicted molar refractivity (Wildman–Crippen MR) is 145 cm³/mol. The summed E-state index contributed by atoms with van der Waals surface area (Å²) in [4.78, 5) is 47.3. The zero-order valence-corrected chi connectivity index (χ0v) is 22.5. The van der Waals surface area contributed by atoms with Crippen molar-refractivity contribution in [2.24, 2.45) is 23.7 Å². The van der Waals surface area contributed by atoms with Crippen LogP contribution in [-0.2, 0) is 9.59 Å². The molecule has 0 spiro atoms. The summed E-state index contributed by atoms with van der Waals surface area (Å²) in [5, 5.41) is 4.22. The quantitative estimate of drug-likeness (QED) is 0.625. The molecule has 1 aromatic heterocycles. The number of piperidine rings is 2. The number of amides is 3. The highest BCUT2D eigenvalue weighted by Crippen LogP contribution is 2.37. The summed E-state index contributed by atoms with van der Waals surface area (Å²) in [6.07, 6.45) is 7.35. The van der Waals surface area contributed by atoms with Gasteiger partial charge in [-0.1, -0.05) is 39.0 Å². The normalized spacial score (nSPS) is 29.8. The van der Waals surface area contributed by atoms with Crippen LogP contribution in [0.3, 0.4) is 0 Å². The highest BCUT2D eigenvalue weighted by Gasteiger charge is 2.44. The lowest BCUT2D eigenvalue weighted by Crippen LogP contribution is -2.60. The van der Waals surface area contributed by atoms with Gasteiger partial charge in [0.25, 0.3) is 5.91 Å². The van der Waals surface area contributed by atoms with Gasteiger partial charge < -0.3 is 20.1 Å². The van der Waals surface area contributed by atoms with E-state index in [1.54, 1.807) is 0 Å². The zero-order chi connectivity index (χ0) is 26.1. The van der Waals surface area contributed by atoms with E-state index in [-0.39, 0.29) is 41.6 Å². The molecule has 4 heterocycles. The number of nitrogens with zero attached hydrogens (tertiary/aromatic N) is 2. The van der Waals surface area contributed by atoms with E-state index in [9.17, 15) is 14.4 Å². The van der Waals surface area contributed by atoms with E-state index in [0.29, 0.717) is 44.3 Å². The number of aromatic amines is 1. The molecule has 0 unspecified atom stereocenters. The Morgan fingerprint density at radius 3 is 2.68 bits per heavy atom. The Hall–Kier alpha value is -2.83. The van der Waals surface area contributed by atoms with E-state index < -0.39 is 0 Å². The molecule has 200 valence electrons. The topological polar surface area (TPSA) is 85.5 Å². The van der Waals surface area contributed by atoms with Gasteiger partial charge in [0.2, 0.25) is 11.8 Å². The van der Waals surface area contributed by atoms with Crippen LogP contribution in [0.25, 0.3) is 10.9 Å². The van der Waals surface area contributed by atoms with Crippen LogP contribution in [0.1, 0.15) is 76.1 Å². The van der Waals surface area contributed by atoms with Gasteiger partial charge in [0.1, 0.15) is 0 Å². The average Bonchev–Trinajstić information content (AvgIpc) is 3.30. The largest absolute Gasteiger partial charge is 0.360 e. The number of fused-ring (bicyclic) bond motifs is 5. The molecule has 0 aliphatic carbocycles. The minimum Gasteiger partial charge on any atom is -0.360 e. The minimum atomic E-state index is 0.0734. The van der Waals surface area contributed by atoms with Crippen molar-refractivity contribution in [2.45, 2.75) is 77.8 Å². The fourth-order valence-electron chi connectivity index (χ4n) is 6.89. The van der Waals surface area contributed by atoms with Gasteiger partial charge in [-0.25, -0.2) is 0 Å². The van der Waals surface area contributed by atoms with E-state index >= 15 is 0 Å². The van der Waals surface area contributed by atoms with Crippen molar-refractivity contribution in [1.29, 1.82) is 0 Å². The molecule has 7 nitrogen and oxygen atoms in total. The molecule has 2 N–H and O–H groups in total. The van der Waals surface area contributed by atoms with Crippen LogP contribution in [0.5, 0.6) is 0 Å². The van der Waals surface area contributed by atoms with Crippen LogP contribution < -0.4 is 5.32 Å². The van der Waals surface area contributed by atoms with Crippen molar-refractivity contribution in [3.63, 3.8) is 0 Å². The number of para-hydroxylation sites is 1. The van der Waals surface area contributed by atoms with Gasteiger partial charge in [-0.3, -0.25) is 14.4 Å². The fraction of sp³-hybridized carbons (Fsp3) is 0.633. The summed E-state index contributed by atoms with van der Waals surface area (Å²) in [6.45, 7) is 8.55. The molecule has 3 amide bonds. The van der Waals surface area contributed by atoms with Crippen molar-refractivity contribution < 1.29 is 14.4 Å². The monoisotopic (exact) mass is 506 g/mol. The standard InChI is InChI=1S/C30H42N4O3/c1-19(2)25-12-11-20(3)13-29(36)34-17-21-14-22(27(34)9-6-10-28(35)32-25)18-33(16-21)30(37)24-15-31-26-8-5-4-7-23(24)26/h4-5,7-8,15,19-22,25,27,31H,6,9-14,16-18H2,1-3H3,(H,32,35)/t20-,21+,22-,25+,27+/m1/s1. The summed E-state index contributed by atoms with van der Waals surface area (Å²) in [6, 6.07) is 8.18. The van der Waals surface area contributed by atoms with Crippen molar-refractivity contribution in [1.82, 2.24) is 20.1 Å². The first-order chi connectivity index (χ1) is 17.8. The van der Waals surface area contributed by atoms with Gasteiger partial charge in [0.05, 0.1) is 5.56 Å². The minimum absolute atomic E-state index is 0.0734. The summed E-state index contributed by atoms with van der Waals surface area (Å²) in [7, 11) is 0. The Labute approximate surface area is 220 Å². The predicted octanol–water partition coefficient (Wildman–Crippen LogP) is 4.59. The number of benzene rings is 1. The van der Waals surface area contributed by atoms with Crippen molar-refractivity contribution in [2.75, 3.05) is 19.6 Å². The number of carbonyl (C=O) groups excluding carboxylic acids is 3. The molecule has 3 fully saturated rings. The molecule has 0 saturated carbocycles. The van der Waals surface area contributed by atoms with Crippen LogP contribution in [0.4, 0.5) is 0 Å². The molecule has 37 heavy (non-hydrogen) atoms. The lowest BCUT2D eigenvalue weighted by molar-refractivity contribution is -0.141. The summed E-state index contributed by atoms with van der Waals surface area (Å²) in [5.74, 6) is 1.66. The number of hydrogen-bond acceptors (Lipinski definition) is 3. The van der Waals surface area contributed by atoms with Crippen molar-refractivity contribution in [3.8, 4) is 0 Å². The molecule has 3 saturated heterocycles. The lowest BCUT2D eigenvalue weighted by atomic mass is 9.77. The van der Waals surface area contributed by atoms with Gasteiger partial charge in [0, 0.05) is 61.7 Å².